The predicted molar refractivity (Wildman–Crippen MR) is 71.4 cm³/mol. The van der Waals surface area contributed by atoms with Gasteiger partial charge in [-0.1, -0.05) is 6.07 Å². The first kappa shape index (κ1) is 14.6. The summed E-state index contributed by atoms with van der Waals surface area (Å²) >= 11 is 5.71. The fourth-order valence-electron chi connectivity index (χ4n) is 1.41. The lowest BCUT2D eigenvalue weighted by atomic mass is 10.3. The number of carbonyl (C=O) groups is 1. The maximum absolute atomic E-state index is 11.5. The van der Waals surface area contributed by atoms with Crippen LogP contribution in [0, 0.1) is 0 Å². The monoisotopic (exact) mass is 271 g/mol. The minimum absolute atomic E-state index is 0.106. The normalized spacial score (nSPS) is 11.8. The number of nitrogens with zero attached hydrogens (tertiary/aromatic N) is 1. The Labute approximate surface area is 112 Å². The zero-order valence-corrected chi connectivity index (χ0v) is 11.6. The summed E-state index contributed by atoms with van der Waals surface area (Å²) in [6, 6.07) is 7.34. The summed E-state index contributed by atoms with van der Waals surface area (Å²) < 4.78 is 10.6. The molecule has 100 valence electrons. The second-order valence-corrected chi connectivity index (χ2v) is 4.56. The Morgan fingerprint density at radius 3 is 2.72 bits per heavy atom. The van der Waals surface area contributed by atoms with Gasteiger partial charge in [0.05, 0.1) is 13.7 Å². The Balaban J connectivity index is 2.39. The highest BCUT2D eigenvalue weighted by molar-refractivity contribution is 6.30. The average molecular weight is 272 g/mol. The molecular weight excluding hydrogens is 254 g/mol. The summed E-state index contributed by atoms with van der Waals surface area (Å²) in [5.74, 6) is 1.35. The Morgan fingerprint density at radius 1 is 1.44 bits per heavy atom. The zero-order chi connectivity index (χ0) is 13.5. The highest BCUT2D eigenvalue weighted by Gasteiger charge is 2.14. The molecule has 5 heteroatoms. The first-order valence-electron chi connectivity index (χ1n) is 5.70. The number of halogens is 1. The van der Waals surface area contributed by atoms with Crippen molar-refractivity contribution >= 4 is 17.5 Å². The molecule has 0 radical (unpaired) electrons. The van der Waals surface area contributed by atoms with Gasteiger partial charge in [-0.15, -0.1) is 11.6 Å². The predicted octanol–water partition coefficient (Wildman–Crippen LogP) is 2.16. The Bertz CT molecular complexity index is 396. The quantitative estimate of drug-likeness (QED) is 0.745. The van der Waals surface area contributed by atoms with Gasteiger partial charge in [0.2, 0.25) is 5.91 Å². The molecule has 1 atom stereocenters. The van der Waals surface area contributed by atoms with Gasteiger partial charge in [-0.25, -0.2) is 0 Å². The second kappa shape index (κ2) is 7.11. The largest absolute Gasteiger partial charge is 0.497 e. The van der Waals surface area contributed by atoms with Gasteiger partial charge >= 0.3 is 0 Å². The molecule has 1 aromatic rings. The number of methoxy groups -OCH3 is 1. The van der Waals surface area contributed by atoms with Crippen molar-refractivity contribution in [1.82, 2.24) is 4.90 Å². The smallest absolute Gasteiger partial charge is 0.240 e. The van der Waals surface area contributed by atoms with Crippen LogP contribution in [0.5, 0.6) is 11.5 Å². The molecule has 0 saturated carbocycles. The zero-order valence-electron chi connectivity index (χ0n) is 10.9. The number of hydrogen-bond acceptors (Lipinski definition) is 3. The Kier molecular flexibility index (Phi) is 5.78. The molecule has 18 heavy (non-hydrogen) atoms. The number of rotatable bonds is 6. The van der Waals surface area contributed by atoms with E-state index in [0.717, 1.165) is 5.75 Å². The Hall–Kier alpha value is -1.42. The molecule has 1 rings (SSSR count). The lowest BCUT2D eigenvalue weighted by molar-refractivity contribution is -0.129. The second-order valence-electron chi connectivity index (χ2n) is 3.90. The highest BCUT2D eigenvalue weighted by Crippen LogP contribution is 2.18. The van der Waals surface area contributed by atoms with Crippen LogP contribution in [0.25, 0.3) is 0 Å². The van der Waals surface area contributed by atoms with Crippen LogP contribution in [0.2, 0.25) is 0 Å². The van der Waals surface area contributed by atoms with Gasteiger partial charge in [0.25, 0.3) is 0 Å². The van der Waals surface area contributed by atoms with Gasteiger partial charge in [-0.2, -0.15) is 0 Å². The van der Waals surface area contributed by atoms with Gasteiger partial charge < -0.3 is 14.4 Å². The number of likely N-dealkylation sites (N-methyl/N-ethyl adjacent to an activating group) is 1. The fraction of sp³-hybridized carbons (Fsp3) is 0.462. The first-order valence-corrected chi connectivity index (χ1v) is 6.14. The molecule has 0 spiro atoms. The SMILES string of the molecule is COc1cccc(OCCN(C)C(=O)C(C)Cl)c1. The van der Waals surface area contributed by atoms with E-state index in [1.165, 1.54) is 0 Å². The van der Waals surface area contributed by atoms with Crippen molar-refractivity contribution in [1.29, 1.82) is 0 Å². The van der Waals surface area contributed by atoms with Crippen molar-refractivity contribution in [2.75, 3.05) is 27.3 Å². The van der Waals surface area contributed by atoms with E-state index in [1.807, 2.05) is 18.2 Å². The molecule has 0 aliphatic heterocycles. The van der Waals surface area contributed by atoms with Gasteiger partial charge in [-0.05, 0) is 19.1 Å². The summed E-state index contributed by atoms with van der Waals surface area (Å²) in [5, 5.41) is -0.508. The van der Waals surface area contributed by atoms with E-state index >= 15 is 0 Å². The van der Waals surface area contributed by atoms with Crippen LogP contribution in [0.15, 0.2) is 24.3 Å². The third kappa shape index (κ3) is 4.45. The van der Waals surface area contributed by atoms with Crippen LogP contribution in [0.3, 0.4) is 0 Å². The van der Waals surface area contributed by atoms with E-state index in [9.17, 15) is 4.79 Å². The standard InChI is InChI=1S/C13H18ClNO3/c1-10(14)13(16)15(2)7-8-18-12-6-4-5-11(9-12)17-3/h4-6,9-10H,7-8H2,1-3H3. The summed E-state index contributed by atoms with van der Waals surface area (Å²) in [4.78, 5) is 13.1. The van der Waals surface area contributed by atoms with Gasteiger partial charge in [0.1, 0.15) is 23.5 Å². The number of amides is 1. The minimum atomic E-state index is -0.508. The topological polar surface area (TPSA) is 38.8 Å². The molecule has 4 nitrogen and oxygen atoms in total. The summed E-state index contributed by atoms with van der Waals surface area (Å²) in [6.07, 6.45) is 0. The molecule has 0 N–H and O–H groups in total. The summed E-state index contributed by atoms with van der Waals surface area (Å²) in [5.41, 5.74) is 0. The third-order valence-corrected chi connectivity index (χ3v) is 2.64. The van der Waals surface area contributed by atoms with Crippen molar-refractivity contribution in [3.63, 3.8) is 0 Å². The maximum atomic E-state index is 11.5. The van der Waals surface area contributed by atoms with Gasteiger partial charge in [0.15, 0.2) is 0 Å². The molecule has 0 aliphatic carbocycles. The molecule has 0 fully saturated rings. The van der Waals surface area contributed by atoms with Crippen LogP contribution >= 0.6 is 11.6 Å². The first-order chi connectivity index (χ1) is 8.54. The summed E-state index contributed by atoms with van der Waals surface area (Å²) in [7, 11) is 3.31. The van der Waals surface area contributed by atoms with Crippen molar-refractivity contribution in [2.45, 2.75) is 12.3 Å². The van der Waals surface area contributed by atoms with Gasteiger partial charge in [-0.3, -0.25) is 4.79 Å². The maximum Gasteiger partial charge on any atom is 0.240 e. The van der Waals surface area contributed by atoms with Crippen LogP contribution in [0.4, 0.5) is 0 Å². The third-order valence-electron chi connectivity index (χ3n) is 2.45. The number of carbonyl (C=O) groups excluding carboxylic acids is 1. The minimum Gasteiger partial charge on any atom is -0.497 e. The molecule has 0 heterocycles. The van der Waals surface area contributed by atoms with E-state index in [4.69, 9.17) is 21.1 Å². The van der Waals surface area contributed by atoms with E-state index in [-0.39, 0.29) is 5.91 Å². The molecule has 1 unspecified atom stereocenters. The highest BCUT2D eigenvalue weighted by atomic mass is 35.5. The van der Waals surface area contributed by atoms with E-state index in [2.05, 4.69) is 0 Å². The number of benzene rings is 1. The summed E-state index contributed by atoms with van der Waals surface area (Å²) in [6.45, 7) is 2.56. The van der Waals surface area contributed by atoms with Crippen molar-refractivity contribution in [3.8, 4) is 11.5 Å². The molecule has 0 aliphatic rings. The molecular formula is C13H18ClNO3. The molecule has 0 saturated heterocycles. The number of hydrogen-bond donors (Lipinski definition) is 0. The number of ether oxygens (including phenoxy) is 2. The van der Waals surface area contributed by atoms with Gasteiger partial charge in [0, 0.05) is 13.1 Å². The van der Waals surface area contributed by atoms with E-state index in [0.29, 0.717) is 18.9 Å². The van der Waals surface area contributed by atoms with Crippen molar-refractivity contribution in [3.05, 3.63) is 24.3 Å². The lowest BCUT2D eigenvalue weighted by Crippen LogP contribution is -2.35. The number of alkyl halides is 1. The molecule has 0 bridgehead atoms. The molecule has 0 aromatic heterocycles. The van der Waals surface area contributed by atoms with Crippen LogP contribution in [-0.4, -0.2) is 43.5 Å². The van der Waals surface area contributed by atoms with Crippen LogP contribution < -0.4 is 9.47 Å². The van der Waals surface area contributed by atoms with E-state index in [1.54, 1.807) is 32.0 Å². The van der Waals surface area contributed by atoms with Crippen molar-refractivity contribution in [2.24, 2.45) is 0 Å². The van der Waals surface area contributed by atoms with Crippen LogP contribution in [-0.2, 0) is 4.79 Å². The Morgan fingerprint density at radius 2 is 2.11 bits per heavy atom. The van der Waals surface area contributed by atoms with Crippen LogP contribution in [0.1, 0.15) is 6.92 Å². The molecule has 1 amide bonds. The average Bonchev–Trinajstić information content (AvgIpc) is 2.37. The lowest BCUT2D eigenvalue weighted by Gasteiger charge is -2.18. The fourth-order valence-corrected chi connectivity index (χ4v) is 1.57. The molecule has 1 aromatic carbocycles. The van der Waals surface area contributed by atoms with E-state index < -0.39 is 5.38 Å². The van der Waals surface area contributed by atoms with Crippen molar-refractivity contribution < 1.29 is 14.3 Å².